The Hall–Kier alpha value is -0.290. The second-order valence-corrected chi connectivity index (χ2v) is 5.02. The summed E-state index contributed by atoms with van der Waals surface area (Å²) in [6.07, 6.45) is 0. The van der Waals surface area contributed by atoms with Gasteiger partial charge < -0.3 is 9.59 Å². The highest BCUT2D eigenvalue weighted by Gasteiger charge is 2.10. The van der Waals surface area contributed by atoms with Crippen molar-refractivity contribution in [1.82, 2.24) is 0 Å². The summed E-state index contributed by atoms with van der Waals surface area (Å²) in [6, 6.07) is 3.94. The van der Waals surface area contributed by atoms with Gasteiger partial charge in [-0.2, -0.15) is 0 Å². The minimum absolute atomic E-state index is 0. The standard InChI is InChI=1S/C12H19NO.HI/c1-9-6-10(2)12(14)11(7-9)8-13(3,4)5;/h6-7H,8H2,1-5H3;1H. The molecule has 0 saturated carbocycles. The van der Waals surface area contributed by atoms with Crippen LogP contribution in [-0.2, 0) is 6.54 Å². The van der Waals surface area contributed by atoms with Crippen LogP contribution >= 0.6 is 24.0 Å². The first-order chi connectivity index (χ1) is 6.29. The van der Waals surface area contributed by atoms with Crippen LogP contribution in [0, 0.1) is 13.8 Å². The van der Waals surface area contributed by atoms with E-state index in [-0.39, 0.29) is 29.7 Å². The second-order valence-electron chi connectivity index (χ2n) is 5.02. The number of rotatable bonds is 2. The zero-order valence-corrected chi connectivity index (χ0v) is 12.5. The molecule has 0 N–H and O–H groups in total. The molecule has 0 saturated heterocycles. The maximum absolute atomic E-state index is 11.8. The van der Waals surface area contributed by atoms with Crippen molar-refractivity contribution in [2.45, 2.75) is 20.4 Å². The number of hydrogen-bond donors (Lipinski definition) is 0. The largest absolute Gasteiger partial charge is 0.872 e. The lowest BCUT2D eigenvalue weighted by molar-refractivity contribution is -0.884. The van der Waals surface area contributed by atoms with Gasteiger partial charge in [-0.15, -0.1) is 24.0 Å². The summed E-state index contributed by atoms with van der Waals surface area (Å²) in [5.74, 6) is 0.198. The van der Waals surface area contributed by atoms with Gasteiger partial charge in [-0.1, -0.05) is 29.0 Å². The summed E-state index contributed by atoms with van der Waals surface area (Å²) in [5, 5.41) is 11.8. The maximum atomic E-state index is 11.8. The molecule has 0 bridgehead atoms. The fraction of sp³-hybridized carbons (Fsp3) is 0.500. The van der Waals surface area contributed by atoms with Crippen LogP contribution < -0.4 is 5.11 Å². The normalized spacial score (nSPS) is 11.0. The fourth-order valence-corrected chi connectivity index (χ4v) is 1.67. The molecule has 0 radical (unpaired) electrons. The van der Waals surface area contributed by atoms with Gasteiger partial charge >= 0.3 is 0 Å². The smallest absolute Gasteiger partial charge is 0.103 e. The molecule has 0 atom stereocenters. The Morgan fingerprint density at radius 1 is 1.13 bits per heavy atom. The molecule has 0 unspecified atom stereocenters. The SMILES string of the molecule is Cc1cc(C)c([O-])c(C[N+](C)(C)C)c1.I. The molecule has 0 aliphatic rings. The molecular formula is C12H20INO. The van der Waals surface area contributed by atoms with E-state index in [4.69, 9.17) is 0 Å². The van der Waals surface area contributed by atoms with E-state index in [1.165, 1.54) is 5.56 Å². The molecule has 86 valence electrons. The van der Waals surface area contributed by atoms with E-state index in [2.05, 4.69) is 21.1 Å². The van der Waals surface area contributed by atoms with Crippen molar-refractivity contribution < 1.29 is 9.59 Å². The van der Waals surface area contributed by atoms with E-state index in [9.17, 15) is 5.11 Å². The highest BCUT2D eigenvalue weighted by Crippen LogP contribution is 2.22. The van der Waals surface area contributed by atoms with Crippen molar-refractivity contribution in [3.05, 3.63) is 28.8 Å². The van der Waals surface area contributed by atoms with Gasteiger partial charge in [-0.05, 0) is 19.4 Å². The molecule has 15 heavy (non-hydrogen) atoms. The number of hydrogen-bond acceptors (Lipinski definition) is 1. The topological polar surface area (TPSA) is 23.1 Å². The number of halogens is 1. The Morgan fingerprint density at radius 3 is 2.13 bits per heavy atom. The molecule has 3 heteroatoms. The van der Waals surface area contributed by atoms with Crippen LogP contribution in [0.5, 0.6) is 5.75 Å². The molecule has 0 aliphatic heterocycles. The van der Waals surface area contributed by atoms with Gasteiger partial charge in [0.05, 0.1) is 21.1 Å². The number of quaternary nitrogens is 1. The van der Waals surface area contributed by atoms with Crippen LogP contribution in [0.1, 0.15) is 16.7 Å². The van der Waals surface area contributed by atoms with Crippen LogP contribution in [-0.4, -0.2) is 25.6 Å². The van der Waals surface area contributed by atoms with Gasteiger partial charge in [0.1, 0.15) is 6.54 Å². The Bertz CT molecular complexity index is 342. The molecular weight excluding hydrogens is 301 g/mol. The van der Waals surface area contributed by atoms with E-state index in [0.29, 0.717) is 0 Å². The lowest BCUT2D eigenvalue weighted by Crippen LogP contribution is -2.33. The van der Waals surface area contributed by atoms with E-state index >= 15 is 0 Å². The summed E-state index contributed by atoms with van der Waals surface area (Å²) in [6.45, 7) is 4.71. The molecule has 0 aliphatic carbocycles. The van der Waals surface area contributed by atoms with Crippen LogP contribution in [0.15, 0.2) is 12.1 Å². The van der Waals surface area contributed by atoms with Crippen LogP contribution in [0.3, 0.4) is 0 Å². The van der Waals surface area contributed by atoms with Gasteiger partial charge in [0.2, 0.25) is 0 Å². The first-order valence-corrected chi connectivity index (χ1v) is 4.87. The number of aryl methyl sites for hydroxylation is 2. The van der Waals surface area contributed by atoms with Gasteiger partial charge in [-0.25, -0.2) is 0 Å². The Labute approximate surface area is 110 Å². The molecule has 1 aromatic carbocycles. The third-order valence-corrected chi connectivity index (χ3v) is 2.14. The second kappa shape index (κ2) is 5.16. The third kappa shape index (κ3) is 4.38. The molecule has 0 heterocycles. The highest BCUT2D eigenvalue weighted by atomic mass is 127. The predicted molar refractivity (Wildman–Crippen MR) is 72.5 cm³/mol. The average Bonchev–Trinajstić information content (AvgIpc) is 1.96. The number of benzene rings is 1. The Morgan fingerprint density at radius 2 is 1.67 bits per heavy atom. The first-order valence-electron chi connectivity index (χ1n) is 4.87. The summed E-state index contributed by atoms with van der Waals surface area (Å²) in [7, 11) is 6.28. The van der Waals surface area contributed by atoms with Crippen LogP contribution in [0.2, 0.25) is 0 Å². The molecule has 2 nitrogen and oxygen atoms in total. The number of nitrogens with zero attached hydrogens (tertiary/aromatic N) is 1. The molecule has 1 rings (SSSR count). The quantitative estimate of drug-likeness (QED) is 0.605. The summed E-state index contributed by atoms with van der Waals surface area (Å²) in [4.78, 5) is 0. The minimum Gasteiger partial charge on any atom is -0.872 e. The third-order valence-electron chi connectivity index (χ3n) is 2.14. The molecule has 1 aromatic rings. The Balaban J connectivity index is 0.00000196. The van der Waals surface area contributed by atoms with Gasteiger partial charge in [0, 0.05) is 0 Å². The van der Waals surface area contributed by atoms with E-state index in [0.717, 1.165) is 22.2 Å². The van der Waals surface area contributed by atoms with E-state index in [1.54, 1.807) is 0 Å². The lowest BCUT2D eigenvalue weighted by Gasteiger charge is -2.27. The van der Waals surface area contributed by atoms with E-state index < -0.39 is 0 Å². The first kappa shape index (κ1) is 14.7. The van der Waals surface area contributed by atoms with Crippen molar-refractivity contribution in [2.24, 2.45) is 0 Å². The van der Waals surface area contributed by atoms with Crippen molar-refractivity contribution >= 4 is 24.0 Å². The Kier molecular flexibility index (Phi) is 5.06. The van der Waals surface area contributed by atoms with Crippen molar-refractivity contribution in [1.29, 1.82) is 0 Å². The van der Waals surface area contributed by atoms with Gasteiger partial charge in [-0.3, -0.25) is 0 Å². The highest BCUT2D eigenvalue weighted by molar-refractivity contribution is 14.0. The summed E-state index contributed by atoms with van der Waals surface area (Å²) < 4.78 is 0.790. The fourth-order valence-electron chi connectivity index (χ4n) is 1.67. The predicted octanol–water partition coefficient (Wildman–Crippen LogP) is 2.20. The monoisotopic (exact) mass is 321 g/mol. The zero-order valence-electron chi connectivity index (χ0n) is 10.1. The molecule has 0 fully saturated rings. The van der Waals surface area contributed by atoms with Crippen molar-refractivity contribution in [3.63, 3.8) is 0 Å². The van der Waals surface area contributed by atoms with E-state index in [1.807, 2.05) is 26.0 Å². The molecule has 0 amide bonds. The summed E-state index contributed by atoms with van der Waals surface area (Å²) >= 11 is 0. The maximum Gasteiger partial charge on any atom is 0.103 e. The van der Waals surface area contributed by atoms with Crippen LogP contribution in [0.25, 0.3) is 0 Å². The van der Waals surface area contributed by atoms with Crippen molar-refractivity contribution in [3.8, 4) is 5.75 Å². The summed E-state index contributed by atoms with van der Waals surface area (Å²) in [5.41, 5.74) is 2.95. The average molecular weight is 321 g/mol. The zero-order chi connectivity index (χ0) is 10.9. The van der Waals surface area contributed by atoms with Gasteiger partial charge in [0.15, 0.2) is 0 Å². The molecule has 0 aromatic heterocycles. The minimum atomic E-state index is 0. The van der Waals surface area contributed by atoms with Crippen molar-refractivity contribution in [2.75, 3.05) is 21.1 Å². The lowest BCUT2D eigenvalue weighted by atomic mass is 10.1. The van der Waals surface area contributed by atoms with Gasteiger partial charge in [0.25, 0.3) is 0 Å². The molecule has 0 spiro atoms. The van der Waals surface area contributed by atoms with Crippen LogP contribution in [0.4, 0.5) is 0 Å².